The average molecular weight is 320 g/mol. The summed E-state index contributed by atoms with van der Waals surface area (Å²) in [5, 5.41) is 10.7. The van der Waals surface area contributed by atoms with E-state index in [4.69, 9.17) is 0 Å². The molecule has 0 amide bonds. The molecule has 1 atom stereocenters. The summed E-state index contributed by atoms with van der Waals surface area (Å²) in [4.78, 5) is 0. The van der Waals surface area contributed by atoms with Crippen molar-refractivity contribution in [1.82, 2.24) is 0 Å². The smallest absolute Gasteiger partial charge is 0.101 e. The summed E-state index contributed by atoms with van der Waals surface area (Å²) >= 11 is 0. The number of aliphatic hydroxyl groups excluding tert-OH is 1. The third kappa shape index (κ3) is 2.66. The van der Waals surface area contributed by atoms with Gasteiger partial charge >= 0.3 is 0 Å². The fraction of sp³-hybridized carbons (Fsp3) is 0.391. The van der Waals surface area contributed by atoms with Crippen molar-refractivity contribution < 1.29 is 5.11 Å². The summed E-state index contributed by atoms with van der Waals surface area (Å²) in [6.07, 6.45) is 4.14. The van der Waals surface area contributed by atoms with E-state index in [1.807, 2.05) is 6.08 Å². The number of rotatable bonds is 4. The Balaban J connectivity index is 2.25. The van der Waals surface area contributed by atoms with Crippen LogP contribution in [0.1, 0.15) is 60.4 Å². The van der Waals surface area contributed by atoms with Crippen LogP contribution >= 0.6 is 0 Å². The average Bonchev–Trinajstić information content (AvgIpc) is 2.87. The molecule has 0 aromatic heterocycles. The van der Waals surface area contributed by atoms with Crippen LogP contribution in [-0.4, -0.2) is 5.11 Å². The number of aliphatic hydroxyl groups is 1. The quantitative estimate of drug-likeness (QED) is 0.663. The van der Waals surface area contributed by atoms with Crippen molar-refractivity contribution in [2.45, 2.75) is 53.4 Å². The zero-order chi connectivity index (χ0) is 17.4. The van der Waals surface area contributed by atoms with E-state index in [1.165, 1.54) is 38.9 Å². The van der Waals surface area contributed by atoms with Crippen LogP contribution in [0.15, 0.2) is 36.1 Å². The molecule has 3 rings (SSSR count). The van der Waals surface area contributed by atoms with Gasteiger partial charge in [0.25, 0.3) is 0 Å². The van der Waals surface area contributed by atoms with Crippen LogP contribution in [0.25, 0.3) is 17.2 Å². The Morgan fingerprint density at radius 3 is 2.29 bits per heavy atom. The fourth-order valence-corrected chi connectivity index (χ4v) is 4.29. The van der Waals surface area contributed by atoms with Gasteiger partial charge in [-0.2, -0.15) is 0 Å². The van der Waals surface area contributed by atoms with Crippen molar-refractivity contribution in [2.24, 2.45) is 5.92 Å². The predicted octanol–water partition coefficient (Wildman–Crippen LogP) is 6.71. The van der Waals surface area contributed by atoms with E-state index in [2.05, 4.69) is 65.0 Å². The molecular weight excluding hydrogens is 292 g/mol. The predicted molar refractivity (Wildman–Crippen MR) is 104 cm³/mol. The number of benzene rings is 2. The van der Waals surface area contributed by atoms with Crippen LogP contribution in [0, 0.1) is 26.7 Å². The second-order valence-corrected chi connectivity index (χ2v) is 7.20. The molecule has 0 aliphatic heterocycles. The summed E-state index contributed by atoms with van der Waals surface area (Å²) < 4.78 is 0. The highest BCUT2D eigenvalue weighted by Gasteiger charge is 2.33. The number of hydrogen-bond donors (Lipinski definition) is 1. The largest absolute Gasteiger partial charge is 0.512 e. The first kappa shape index (κ1) is 16.8. The van der Waals surface area contributed by atoms with Crippen molar-refractivity contribution in [1.29, 1.82) is 0 Å². The Bertz CT molecular complexity index is 794. The van der Waals surface area contributed by atoms with Crippen LogP contribution in [0.2, 0.25) is 0 Å². The maximum absolute atomic E-state index is 10.7. The van der Waals surface area contributed by atoms with Crippen molar-refractivity contribution in [3.8, 4) is 11.1 Å². The highest BCUT2D eigenvalue weighted by atomic mass is 16.3. The highest BCUT2D eigenvalue weighted by Crippen LogP contribution is 2.48. The van der Waals surface area contributed by atoms with Gasteiger partial charge in [0.15, 0.2) is 0 Å². The zero-order valence-electron chi connectivity index (χ0n) is 15.5. The first-order chi connectivity index (χ1) is 11.5. The van der Waals surface area contributed by atoms with Gasteiger partial charge in [-0.25, -0.2) is 0 Å². The third-order valence-corrected chi connectivity index (χ3v) is 5.59. The van der Waals surface area contributed by atoms with E-state index in [0.717, 1.165) is 12.8 Å². The van der Waals surface area contributed by atoms with E-state index in [-0.39, 0.29) is 5.92 Å². The van der Waals surface area contributed by atoms with Crippen LogP contribution < -0.4 is 0 Å². The minimum absolute atomic E-state index is 0.130. The Kier molecular flexibility index (Phi) is 4.54. The molecule has 1 aliphatic carbocycles. The van der Waals surface area contributed by atoms with E-state index in [0.29, 0.717) is 11.7 Å². The lowest BCUT2D eigenvalue weighted by Gasteiger charge is -2.26. The molecule has 0 fully saturated rings. The minimum Gasteiger partial charge on any atom is -0.512 e. The summed E-state index contributed by atoms with van der Waals surface area (Å²) in [6, 6.07) is 11.0. The molecule has 24 heavy (non-hydrogen) atoms. The lowest BCUT2D eigenvalue weighted by Crippen LogP contribution is -2.13. The molecule has 1 nitrogen and oxygen atoms in total. The minimum atomic E-state index is 0.130. The van der Waals surface area contributed by atoms with Crippen molar-refractivity contribution in [3.05, 3.63) is 63.9 Å². The Morgan fingerprint density at radius 2 is 1.67 bits per heavy atom. The van der Waals surface area contributed by atoms with Gasteiger partial charge in [-0.3, -0.25) is 0 Å². The molecule has 1 unspecified atom stereocenters. The number of allylic oxidation sites excluding steroid dienone is 1. The first-order valence-electron chi connectivity index (χ1n) is 9.09. The van der Waals surface area contributed by atoms with E-state index >= 15 is 0 Å². The molecule has 0 bridgehead atoms. The van der Waals surface area contributed by atoms with Crippen LogP contribution in [0.4, 0.5) is 0 Å². The molecule has 1 aliphatic rings. The zero-order valence-corrected chi connectivity index (χ0v) is 15.5. The van der Waals surface area contributed by atoms with Crippen molar-refractivity contribution >= 4 is 6.08 Å². The lowest BCUT2D eigenvalue weighted by atomic mass is 9.78. The standard InChI is InChI=1S/C23H28O/c1-6-17(7-2)22-20(24)13-18-10-9-15(4)21(23(18)22)19-11-8-14(3)12-16(19)5/h8-13,17,22,24H,6-7H2,1-5H3. The topological polar surface area (TPSA) is 20.2 Å². The van der Waals surface area contributed by atoms with Crippen molar-refractivity contribution in [2.75, 3.05) is 0 Å². The number of hydrogen-bond acceptors (Lipinski definition) is 1. The van der Waals surface area contributed by atoms with Gasteiger partial charge in [0, 0.05) is 5.92 Å². The maximum atomic E-state index is 10.7. The third-order valence-electron chi connectivity index (χ3n) is 5.59. The lowest BCUT2D eigenvalue weighted by molar-refractivity contribution is 0.313. The summed E-state index contributed by atoms with van der Waals surface area (Å²) in [5.41, 5.74) is 9.02. The first-order valence-corrected chi connectivity index (χ1v) is 9.09. The molecule has 1 heteroatoms. The highest BCUT2D eigenvalue weighted by molar-refractivity contribution is 5.82. The number of fused-ring (bicyclic) bond motifs is 1. The van der Waals surface area contributed by atoms with Crippen molar-refractivity contribution in [3.63, 3.8) is 0 Å². The molecule has 126 valence electrons. The van der Waals surface area contributed by atoms with Crippen LogP contribution in [0.5, 0.6) is 0 Å². The molecule has 2 aromatic carbocycles. The fourth-order valence-electron chi connectivity index (χ4n) is 4.29. The SMILES string of the molecule is CCC(CC)C1C(O)=Cc2ccc(C)c(-c3ccc(C)cc3C)c21. The molecule has 0 saturated carbocycles. The van der Waals surface area contributed by atoms with Gasteiger partial charge in [-0.15, -0.1) is 0 Å². The summed E-state index contributed by atoms with van der Waals surface area (Å²) in [6.45, 7) is 11.0. The monoisotopic (exact) mass is 320 g/mol. The van der Waals surface area contributed by atoms with Gasteiger partial charge in [0.2, 0.25) is 0 Å². The van der Waals surface area contributed by atoms with Crippen LogP contribution in [-0.2, 0) is 0 Å². The van der Waals surface area contributed by atoms with E-state index in [1.54, 1.807) is 0 Å². The molecule has 0 spiro atoms. The van der Waals surface area contributed by atoms with Gasteiger partial charge < -0.3 is 5.11 Å². The normalized spacial score (nSPS) is 16.4. The van der Waals surface area contributed by atoms with E-state index < -0.39 is 0 Å². The van der Waals surface area contributed by atoms with Crippen LogP contribution in [0.3, 0.4) is 0 Å². The van der Waals surface area contributed by atoms with Gasteiger partial charge in [0.05, 0.1) is 0 Å². The summed E-state index contributed by atoms with van der Waals surface area (Å²) in [5.74, 6) is 1.15. The van der Waals surface area contributed by atoms with Gasteiger partial charge in [-0.05, 0) is 66.1 Å². The van der Waals surface area contributed by atoms with Gasteiger partial charge in [0.1, 0.15) is 5.76 Å². The van der Waals surface area contributed by atoms with E-state index in [9.17, 15) is 5.11 Å². The maximum Gasteiger partial charge on any atom is 0.101 e. The molecule has 2 aromatic rings. The second kappa shape index (κ2) is 6.47. The summed E-state index contributed by atoms with van der Waals surface area (Å²) in [7, 11) is 0. The Morgan fingerprint density at radius 1 is 0.958 bits per heavy atom. The molecule has 0 radical (unpaired) electrons. The second-order valence-electron chi connectivity index (χ2n) is 7.20. The molecular formula is C23H28O. The molecule has 0 saturated heterocycles. The molecule has 1 N–H and O–H groups in total. The molecule has 0 heterocycles. The van der Waals surface area contributed by atoms with Gasteiger partial charge in [-0.1, -0.05) is 62.6 Å². The Labute approximate surface area is 146 Å². The number of aryl methyl sites for hydroxylation is 3. The Hall–Kier alpha value is -2.02.